The third-order valence-electron chi connectivity index (χ3n) is 2.43. The molecule has 2 heterocycles. The van der Waals surface area contributed by atoms with Gasteiger partial charge < -0.3 is 14.6 Å². The first-order valence-corrected chi connectivity index (χ1v) is 4.53. The van der Waals surface area contributed by atoms with E-state index in [2.05, 4.69) is 10.5 Å². The molecule has 1 unspecified atom stereocenters. The minimum absolute atomic E-state index is 0.176. The van der Waals surface area contributed by atoms with E-state index in [-0.39, 0.29) is 6.04 Å². The van der Waals surface area contributed by atoms with Gasteiger partial charge in [-0.1, -0.05) is 5.16 Å². The van der Waals surface area contributed by atoms with Crippen LogP contribution in [0, 0.1) is 13.8 Å². The lowest BCUT2D eigenvalue weighted by Crippen LogP contribution is -2.34. The van der Waals surface area contributed by atoms with Gasteiger partial charge in [-0.3, -0.25) is 0 Å². The zero-order chi connectivity index (χ0) is 9.26. The predicted octanol–water partition coefficient (Wildman–Crippen LogP) is 0.952. The summed E-state index contributed by atoms with van der Waals surface area (Å²) in [5, 5.41) is 7.25. The Balaban J connectivity index is 2.18. The number of rotatable bonds is 1. The van der Waals surface area contributed by atoms with Crippen LogP contribution in [0.4, 0.5) is 0 Å². The Morgan fingerprint density at radius 3 is 2.85 bits per heavy atom. The molecule has 1 aromatic rings. The summed E-state index contributed by atoms with van der Waals surface area (Å²) in [6, 6.07) is 0.176. The van der Waals surface area contributed by atoms with Gasteiger partial charge in [-0.2, -0.15) is 0 Å². The molecule has 72 valence electrons. The summed E-state index contributed by atoms with van der Waals surface area (Å²) < 4.78 is 10.6. The second-order valence-electron chi connectivity index (χ2n) is 3.34. The van der Waals surface area contributed by atoms with E-state index >= 15 is 0 Å². The molecule has 0 radical (unpaired) electrons. The molecule has 0 bridgehead atoms. The number of nitrogens with zero attached hydrogens (tertiary/aromatic N) is 1. The van der Waals surface area contributed by atoms with Gasteiger partial charge >= 0.3 is 0 Å². The maximum Gasteiger partial charge on any atom is 0.159 e. The van der Waals surface area contributed by atoms with E-state index in [0.717, 1.165) is 30.2 Å². The van der Waals surface area contributed by atoms with Crippen LogP contribution in [0.25, 0.3) is 0 Å². The molecular formula is C9H14N2O2. The van der Waals surface area contributed by atoms with Gasteiger partial charge in [0.2, 0.25) is 0 Å². The Hall–Kier alpha value is -0.870. The normalized spacial score (nSPS) is 23.4. The first-order chi connectivity index (χ1) is 6.29. The van der Waals surface area contributed by atoms with Gasteiger partial charge in [0.15, 0.2) is 5.76 Å². The van der Waals surface area contributed by atoms with E-state index in [4.69, 9.17) is 9.26 Å². The molecule has 1 aliphatic heterocycles. The highest BCUT2D eigenvalue weighted by molar-refractivity contribution is 5.22. The van der Waals surface area contributed by atoms with Gasteiger partial charge in [-0.05, 0) is 13.8 Å². The molecule has 1 saturated heterocycles. The fourth-order valence-electron chi connectivity index (χ4n) is 1.49. The highest BCUT2D eigenvalue weighted by Gasteiger charge is 2.22. The molecule has 1 aromatic heterocycles. The molecular weight excluding hydrogens is 168 g/mol. The Morgan fingerprint density at radius 1 is 1.46 bits per heavy atom. The van der Waals surface area contributed by atoms with Crippen molar-refractivity contribution < 1.29 is 9.26 Å². The Kier molecular flexibility index (Phi) is 2.33. The third-order valence-corrected chi connectivity index (χ3v) is 2.43. The molecule has 1 aliphatic rings. The van der Waals surface area contributed by atoms with Gasteiger partial charge in [0.25, 0.3) is 0 Å². The fraction of sp³-hybridized carbons (Fsp3) is 0.667. The molecule has 0 spiro atoms. The molecule has 0 saturated carbocycles. The van der Waals surface area contributed by atoms with E-state index in [9.17, 15) is 0 Å². The quantitative estimate of drug-likeness (QED) is 0.702. The monoisotopic (exact) mass is 182 g/mol. The number of hydrogen-bond acceptors (Lipinski definition) is 4. The number of nitrogens with one attached hydrogen (secondary N) is 1. The van der Waals surface area contributed by atoms with Gasteiger partial charge in [-0.15, -0.1) is 0 Å². The van der Waals surface area contributed by atoms with Crippen LogP contribution in [0.1, 0.15) is 23.1 Å². The number of ether oxygens (including phenoxy) is 1. The smallest absolute Gasteiger partial charge is 0.159 e. The van der Waals surface area contributed by atoms with Crippen LogP contribution < -0.4 is 5.32 Å². The number of aromatic nitrogens is 1. The second kappa shape index (κ2) is 3.47. The van der Waals surface area contributed by atoms with Crippen LogP contribution in [-0.4, -0.2) is 24.9 Å². The van der Waals surface area contributed by atoms with Crippen LogP contribution >= 0.6 is 0 Å². The van der Waals surface area contributed by atoms with E-state index in [0.29, 0.717) is 6.61 Å². The van der Waals surface area contributed by atoms with Gasteiger partial charge in [0, 0.05) is 12.1 Å². The Labute approximate surface area is 77.2 Å². The summed E-state index contributed by atoms with van der Waals surface area (Å²) in [7, 11) is 0. The zero-order valence-electron chi connectivity index (χ0n) is 7.96. The van der Waals surface area contributed by atoms with Crippen molar-refractivity contribution in [1.82, 2.24) is 10.5 Å². The standard InChI is InChI=1S/C9H14N2O2/c1-6-7(2)11-13-9(6)8-5-12-4-3-10-8/h8,10H,3-5H2,1-2H3. The van der Waals surface area contributed by atoms with Crippen molar-refractivity contribution in [1.29, 1.82) is 0 Å². The topological polar surface area (TPSA) is 47.3 Å². The van der Waals surface area contributed by atoms with Crippen molar-refractivity contribution in [2.75, 3.05) is 19.8 Å². The molecule has 0 amide bonds. The summed E-state index contributed by atoms with van der Waals surface area (Å²) in [6.45, 7) is 6.31. The number of morpholine rings is 1. The molecule has 1 atom stereocenters. The average molecular weight is 182 g/mol. The lowest BCUT2D eigenvalue weighted by Gasteiger charge is -2.21. The molecule has 1 fully saturated rings. The van der Waals surface area contributed by atoms with E-state index < -0.39 is 0 Å². The molecule has 0 aliphatic carbocycles. The van der Waals surface area contributed by atoms with E-state index in [1.807, 2.05) is 13.8 Å². The SMILES string of the molecule is Cc1noc(C2COCCN2)c1C. The number of aryl methyl sites for hydroxylation is 1. The predicted molar refractivity (Wildman–Crippen MR) is 47.5 cm³/mol. The molecule has 4 heteroatoms. The first kappa shape index (κ1) is 8.72. The van der Waals surface area contributed by atoms with Crippen LogP contribution in [0.5, 0.6) is 0 Å². The summed E-state index contributed by atoms with van der Waals surface area (Å²) in [5.74, 6) is 0.914. The van der Waals surface area contributed by atoms with Gasteiger partial charge in [0.1, 0.15) is 0 Å². The van der Waals surface area contributed by atoms with Crippen molar-refractivity contribution >= 4 is 0 Å². The Bertz CT molecular complexity index is 290. The van der Waals surface area contributed by atoms with Crippen molar-refractivity contribution in [2.45, 2.75) is 19.9 Å². The van der Waals surface area contributed by atoms with Crippen LogP contribution in [0.3, 0.4) is 0 Å². The summed E-state index contributed by atoms with van der Waals surface area (Å²) in [6.07, 6.45) is 0. The van der Waals surface area contributed by atoms with E-state index in [1.54, 1.807) is 0 Å². The van der Waals surface area contributed by atoms with Crippen molar-refractivity contribution in [3.05, 3.63) is 17.0 Å². The number of hydrogen-bond donors (Lipinski definition) is 1. The maximum absolute atomic E-state index is 5.35. The molecule has 2 rings (SSSR count). The van der Waals surface area contributed by atoms with Crippen LogP contribution in [-0.2, 0) is 4.74 Å². The highest BCUT2D eigenvalue weighted by Crippen LogP contribution is 2.21. The first-order valence-electron chi connectivity index (χ1n) is 4.53. The van der Waals surface area contributed by atoms with Crippen LogP contribution in [0.15, 0.2) is 4.52 Å². The van der Waals surface area contributed by atoms with Crippen molar-refractivity contribution in [3.63, 3.8) is 0 Å². The van der Waals surface area contributed by atoms with Gasteiger partial charge in [-0.25, -0.2) is 0 Å². The minimum atomic E-state index is 0.176. The molecule has 13 heavy (non-hydrogen) atoms. The summed E-state index contributed by atoms with van der Waals surface area (Å²) >= 11 is 0. The average Bonchev–Trinajstić information content (AvgIpc) is 2.49. The molecule has 1 N–H and O–H groups in total. The second-order valence-corrected chi connectivity index (χ2v) is 3.34. The third kappa shape index (κ3) is 1.59. The van der Waals surface area contributed by atoms with Crippen molar-refractivity contribution in [3.8, 4) is 0 Å². The largest absolute Gasteiger partial charge is 0.378 e. The summed E-state index contributed by atoms with van der Waals surface area (Å²) in [5.41, 5.74) is 2.09. The minimum Gasteiger partial charge on any atom is -0.378 e. The lowest BCUT2D eigenvalue weighted by atomic mass is 10.1. The summed E-state index contributed by atoms with van der Waals surface area (Å²) in [4.78, 5) is 0. The highest BCUT2D eigenvalue weighted by atomic mass is 16.5. The van der Waals surface area contributed by atoms with Crippen LogP contribution in [0.2, 0.25) is 0 Å². The van der Waals surface area contributed by atoms with E-state index in [1.165, 1.54) is 0 Å². The lowest BCUT2D eigenvalue weighted by molar-refractivity contribution is 0.0674. The molecule has 4 nitrogen and oxygen atoms in total. The zero-order valence-corrected chi connectivity index (χ0v) is 7.96. The molecule has 0 aromatic carbocycles. The van der Waals surface area contributed by atoms with Crippen molar-refractivity contribution in [2.24, 2.45) is 0 Å². The Morgan fingerprint density at radius 2 is 2.31 bits per heavy atom. The van der Waals surface area contributed by atoms with Gasteiger partial charge in [0.05, 0.1) is 24.9 Å². The maximum atomic E-state index is 5.35. The fourth-order valence-corrected chi connectivity index (χ4v) is 1.49.